The zero-order valence-electron chi connectivity index (χ0n) is 10.4. The molecule has 1 aromatic heterocycles. The maximum atomic E-state index is 9.18. The van der Waals surface area contributed by atoms with E-state index in [-0.39, 0.29) is 11.9 Å². The fourth-order valence-corrected chi connectivity index (χ4v) is 2.31. The minimum atomic E-state index is 0.210. The number of aliphatic hydroxyl groups is 1. The van der Waals surface area contributed by atoms with Gasteiger partial charge in [-0.2, -0.15) is 16.9 Å². The third-order valence-electron chi connectivity index (χ3n) is 2.77. The van der Waals surface area contributed by atoms with Crippen molar-refractivity contribution in [3.8, 4) is 0 Å². The lowest BCUT2D eigenvalue weighted by Gasteiger charge is -2.21. The first-order valence-electron chi connectivity index (χ1n) is 5.44. The molecule has 1 rings (SSSR count). The number of nitrogens with one attached hydrogen (secondary N) is 1. The second-order valence-electron chi connectivity index (χ2n) is 4.04. The van der Waals surface area contributed by atoms with Crippen LogP contribution in [0.3, 0.4) is 0 Å². The fourth-order valence-electron chi connectivity index (χ4n) is 1.66. The summed E-state index contributed by atoms with van der Waals surface area (Å²) < 4.78 is 1.83. The molecule has 0 radical (unpaired) electrons. The van der Waals surface area contributed by atoms with Gasteiger partial charge in [-0.25, -0.2) is 0 Å². The molecule has 5 heteroatoms. The highest BCUT2D eigenvalue weighted by Crippen LogP contribution is 2.11. The number of hydrogen-bond donors (Lipinski definition) is 2. The maximum absolute atomic E-state index is 9.18. The SMILES string of the molecule is CSC(CO)C(C)NCc1cn(C)nc1C. The molecule has 4 nitrogen and oxygen atoms in total. The molecule has 1 heterocycles. The topological polar surface area (TPSA) is 50.1 Å². The minimum Gasteiger partial charge on any atom is -0.395 e. The summed E-state index contributed by atoms with van der Waals surface area (Å²) in [4.78, 5) is 0. The summed E-state index contributed by atoms with van der Waals surface area (Å²) in [6, 6.07) is 0.291. The van der Waals surface area contributed by atoms with E-state index in [0.717, 1.165) is 12.2 Å². The second kappa shape index (κ2) is 6.27. The highest BCUT2D eigenvalue weighted by molar-refractivity contribution is 7.99. The van der Waals surface area contributed by atoms with Gasteiger partial charge in [0.2, 0.25) is 0 Å². The molecule has 0 spiro atoms. The van der Waals surface area contributed by atoms with Gasteiger partial charge in [0.25, 0.3) is 0 Å². The van der Waals surface area contributed by atoms with Crippen LogP contribution in [0.2, 0.25) is 0 Å². The third kappa shape index (κ3) is 3.50. The molecule has 0 aliphatic carbocycles. The van der Waals surface area contributed by atoms with Crippen LogP contribution in [-0.4, -0.2) is 39.0 Å². The van der Waals surface area contributed by atoms with Crippen LogP contribution in [0.5, 0.6) is 0 Å². The first-order chi connectivity index (χ1) is 7.58. The lowest BCUT2D eigenvalue weighted by Crippen LogP contribution is -2.37. The van der Waals surface area contributed by atoms with Gasteiger partial charge in [0.05, 0.1) is 12.3 Å². The number of aryl methyl sites for hydroxylation is 2. The quantitative estimate of drug-likeness (QED) is 0.780. The Balaban J connectivity index is 2.48. The zero-order valence-corrected chi connectivity index (χ0v) is 11.2. The van der Waals surface area contributed by atoms with E-state index < -0.39 is 0 Å². The standard InChI is InChI=1S/C11H21N3OS/c1-8-10(6-14(3)13-8)5-12-9(2)11(7-15)16-4/h6,9,11-12,15H,5,7H2,1-4H3. The highest BCUT2D eigenvalue weighted by Gasteiger charge is 2.15. The molecular weight excluding hydrogens is 222 g/mol. The van der Waals surface area contributed by atoms with Crippen molar-refractivity contribution in [2.45, 2.75) is 31.7 Å². The number of aromatic nitrogens is 2. The number of hydrogen-bond acceptors (Lipinski definition) is 4. The molecule has 16 heavy (non-hydrogen) atoms. The van der Waals surface area contributed by atoms with Crippen molar-refractivity contribution in [3.63, 3.8) is 0 Å². The average molecular weight is 243 g/mol. The molecule has 0 aliphatic rings. The first-order valence-corrected chi connectivity index (χ1v) is 6.73. The molecule has 2 N–H and O–H groups in total. The van der Waals surface area contributed by atoms with Crippen LogP contribution in [0.1, 0.15) is 18.2 Å². The molecule has 92 valence electrons. The minimum absolute atomic E-state index is 0.210. The summed E-state index contributed by atoms with van der Waals surface area (Å²) in [6.07, 6.45) is 4.05. The van der Waals surface area contributed by atoms with Crippen molar-refractivity contribution in [2.75, 3.05) is 12.9 Å². The van der Waals surface area contributed by atoms with E-state index in [0.29, 0.717) is 6.04 Å². The Bertz CT molecular complexity index is 323. The Hall–Kier alpha value is -0.520. The largest absolute Gasteiger partial charge is 0.395 e. The van der Waals surface area contributed by atoms with Crippen molar-refractivity contribution >= 4 is 11.8 Å². The van der Waals surface area contributed by atoms with Crippen LogP contribution in [-0.2, 0) is 13.6 Å². The van der Waals surface area contributed by atoms with E-state index in [2.05, 4.69) is 17.3 Å². The summed E-state index contributed by atoms with van der Waals surface area (Å²) in [7, 11) is 1.93. The predicted molar refractivity (Wildman–Crippen MR) is 68.6 cm³/mol. The van der Waals surface area contributed by atoms with Gasteiger partial charge in [-0.05, 0) is 20.1 Å². The van der Waals surface area contributed by atoms with Crippen molar-refractivity contribution in [2.24, 2.45) is 7.05 Å². The Morgan fingerprint density at radius 2 is 2.31 bits per heavy atom. The van der Waals surface area contributed by atoms with Crippen LogP contribution in [0, 0.1) is 6.92 Å². The van der Waals surface area contributed by atoms with Crippen LogP contribution >= 0.6 is 11.8 Å². The number of thioether (sulfide) groups is 1. The van der Waals surface area contributed by atoms with Crippen molar-refractivity contribution in [3.05, 3.63) is 17.5 Å². The second-order valence-corrected chi connectivity index (χ2v) is 5.12. The van der Waals surface area contributed by atoms with Gasteiger partial charge in [0.1, 0.15) is 0 Å². The summed E-state index contributed by atoms with van der Waals surface area (Å²) in [6.45, 7) is 5.13. The molecule has 0 aromatic carbocycles. The van der Waals surface area contributed by atoms with E-state index in [9.17, 15) is 5.11 Å². The normalized spacial score (nSPS) is 15.1. The Kier molecular flexibility index (Phi) is 5.31. The molecule has 2 unspecified atom stereocenters. The van der Waals surface area contributed by atoms with Gasteiger partial charge in [-0.3, -0.25) is 4.68 Å². The number of nitrogens with zero attached hydrogens (tertiary/aromatic N) is 2. The molecule has 0 bridgehead atoms. The monoisotopic (exact) mass is 243 g/mol. The van der Waals surface area contributed by atoms with Crippen LogP contribution in [0.25, 0.3) is 0 Å². The van der Waals surface area contributed by atoms with Gasteiger partial charge < -0.3 is 10.4 Å². The molecule has 0 aliphatic heterocycles. The highest BCUT2D eigenvalue weighted by atomic mass is 32.2. The van der Waals surface area contributed by atoms with Crippen molar-refractivity contribution in [1.29, 1.82) is 0 Å². The van der Waals surface area contributed by atoms with Crippen molar-refractivity contribution in [1.82, 2.24) is 15.1 Å². The van der Waals surface area contributed by atoms with E-state index in [4.69, 9.17) is 0 Å². The third-order valence-corrected chi connectivity index (χ3v) is 3.93. The number of aliphatic hydroxyl groups excluding tert-OH is 1. The molecule has 2 atom stereocenters. The Labute approximate surface area is 101 Å². The molecule has 1 aromatic rings. The van der Waals surface area contributed by atoms with E-state index in [1.807, 2.05) is 31.1 Å². The van der Waals surface area contributed by atoms with Crippen LogP contribution < -0.4 is 5.32 Å². The zero-order chi connectivity index (χ0) is 12.1. The van der Waals surface area contributed by atoms with Crippen LogP contribution in [0.4, 0.5) is 0 Å². The summed E-state index contributed by atoms with van der Waals surface area (Å²) in [5, 5.41) is 17.1. The van der Waals surface area contributed by atoms with Gasteiger partial charge >= 0.3 is 0 Å². The van der Waals surface area contributed by atoms with E-state index in [1.54, 1.807) is 11.8 Å². The molecule has 0 amide bonds. The smallest absolute Gasteiger partial charge is 0.0638 e. The maximum Gasteiger partial charge on any atom is 0.0638 e. The fraction of sp³-hybridized carbons (Fsp3) is 0.727. The molecule has 0 saturated carbocycles. The molecular formula is C11H21N3OS. The molecule has 0 saturated heterocycles. The average Bonchev–Trinajstić information content (AvgIpc) is 2.56. The number of rotatable bonds is 6. The summed E-state index contributed by atoms with van der Waals surface area (Å²) in [5.74, 6) is 0. The lowest BCUT2D eigenvalue weighted by molar-refractivity contribution is 0.276. The van der Waals surface area contributed by atoms with Crippen LogP contribution in [0.15, 0.2) is 6.20 Å². The first kappa shape index (κ1) is 13.5. The van der Waals surface area contributed by atoms with Gasteiger partial charge in [-0.1, -0.05) is 0 Å². The Morgan fingerprint density at radius 3 is 2.75 bits per heavy atom. The Morgan fingerprint density at radius 1 is 1.62 bits per heavy atom. The summed E-state index contributed by atoms with van der Waals surface area (Å²) in [5.41, 5.74) is 2.28. The molecule has 0 fully saturated rings. The van der Waals surface area contributed by atoms with E-state index in [1.165, 1.54) is 5.56 Å². The predicted octanol–water partition coefficient (Wildman–Crippen LogP) is 0.931. The summed E-state index contributed by atoms with van der Waals surface area (Å²) >= 11 is 1.69. The van der Waals surface area contributed by atoms with Gasteiger partial charge in [0.15, 0.2) is 0 Å². The van der Waals surface area contributed by atoms with Gasteiger partial charge in [0, 0.05) is 36.6 Å². The lowest BCUT2D eigenvalue weighted by atomic mass is 10.2. The van der Waals surface area contributed by atoms with Crippen molar-refractivity contribution < 1.29 is 5.11 Å². The van der Waals surface area contributed by atoms with Gasteiger partial charge in [-0.15, -0.1) is 0 Å². The van der Waals surface area contributed by atoms with E-state index >= 15 is 0 Å².